The molecule has 0 spiro atoms. The van der Waals surface area contributed by atoms with Crippen LogP contribution in [-0.4, -0.2) is 59.5 Å². The molecule has 6 N–H and O–H groups in total. The quantitative estimate of drug-likeness (QED) is 0.352. The summed E-state index contributed by atoms with van der Waals surface area (Å²) in [6.07, 6.45) is -5.18. The minimum absolute atomic E-state index is 0.152. The summed E-state index contributed by atoms with van der Waals surface area (Å²) in [4.78, 5) is 0. The molecule has 9 nitrogen and oxygen atoms in total. The van der Waals surface area contributed by atoms with Crippen molar-refractivity contribution in [2.24, 2.45) is 5.14 Å². The van der Waals surface area contributed by atoms with Crippen LogP contribution in [0.5, 0.6) is 0 Å². The molecule has 1 heterocycles. The number of nitrogens with two attached hydrogens (primary N) is 1. The molecule has 1 rings (SSSR count). The molecule has 0 aliphatic carbocycles. The van der Waals surface area contributed by atoms with Crippen LogP contribution in [0.15, 0.2) is 11.3 Å². The van der Waals surface area contributed by atoms with E-state index in [9.17, 15) is 28.8 Å². The molecule has 0 radical (unpaired) electrons. The molecule has 10 heteroatoms. The van der Waals surface area contributed by atoms with Crippen molar-refractivity contribution in [2.45, 2.75) is 37.9 Å². The second kappa shape index (κ2) is 5.32. The molecule has 0 bridgehead atoms. The predicted molar refractivity (Wildman–Crippen MR) is 61.5 cm³/mol. The molecule has 4 atom stereocenters. The lowest BCUT2D eigenvalue weighted by Crippen LogP contribution is -2.62. The van der Waals surface area contributed by atoms with Gasteiger partial charge in [-0.1, -0.05) is 0 Å². The fourth-order valence-corrected chi connectivity index (χ4v) is 2.17. The van der Waals surface area contributed by atoms with Crippen molar-refractivity contribution in [3.8, 4) is 0 Å². The van der Waals surface area contributed by atoms with E-state index in [2.05, 4.69) is 4.18 Å². The van der Waals surface area contributed by atoms with E-state index in [-0.39, 0.29) is 5.57 Å². The fraction of sp³-hybridized carbons (Fsp3) is 0.778. The van der Waals surface area contributed by atoms with Crippen LogP contribution in [0.2, 0.25) is 0 Å². The van der Waals surface area contributed by atoms with Gasteiger partial charge in [-0.15, -0.1) is 0 Å². The van der Waals surface area contributed by atoms with E-state index in [1.807, 2.05) is 0 Å². The van der Waals surface area contributed by atoms with Crippen molar-refractivity contribution in [1.82, 2.24) is 0 Å². The van der Waals surface area contributed by atoms with Crippen molar-refractivity contribution >= 4 is 10.3 Å². The number of hydrogen-bond donors (Lipinski definition) is 5. The van der Waals surface area contributed by atoms with Crippen molar-refractivity contribution in [2.75, 3.05) is 6.61 Å². The second-order valence-electron chi connectivity index (χ2n) is 4.42. The summed E-state index contributed by atoms with van der Waals surface area (Å²) < 4.78 is 31.1. The fourth-order valence-electron chi connectivity index (χ4n) is 1.66. The highest BCUT2D eigenvalue weighted by atomic mass is 32.2. The molecule has 112 valence electrons. The number of hydrogen-bond acceptors (Lipinski definition) is 8. The third kappa shape index (κ3) is 3.42. The summed E-state index contributed by atoms with van der Waals surface area (Å²) in [5.41, 5.74) is 0.152. The van der Waals surface area contributed by atoms with Gasteiger partial charge in [0.05, 0.1) is 6.61 Å². The lowest BCUT2D eigenvalue weighted by Gasteiger charge is -2.42. The Balaban J connectivity index is 3.19. The number of aliphatic hydroxyl groups is 4. The van der Waals surface area contributed by atoms with E-state index in [0.29, 0.717) is 0 Å². The van der Waals surface area contributed by atoms with Crippen LogP contribution in [0.3, 0.4) is 0 Å². The highest BCUT2D eigenvalue weighted by Gasteiger charge is 2.53. The van der Waals surface area contributed by atoms with Gasteiger partial charge in [0.25, 0.3) is 5.79 Å². The normalized spacial score (nSPS) is 35.8. The zero-order valence-electron chi connectivity index (χ0n) is 10.3. The van der Waals surface area contributed by atoms with Crippen LogP contribution in [0.1, 0.15) is 13.8 Å². The summed E-state index contributed by atoms with van der Waals surface area (Å²) in [5.74, 6) is -3.28. The second-order valence-corrected chi connectivity index (χ2v) is 5.57. The smallest absolute Gasteiger partial charge is 0.379 e. The minimum Gasteiger partial charge on any atom is -0.388 e. The molecule has 1 fully saturated rings. The Morgan fingerprint density at radius 1 is 1.37 bits per heavy atom. The van der Waals surface area contributed by atoms with Gasteiger partial charge in [0.2, 0.25) is 0 Å². The maximum atomic E-state index is 10.9. The first-order valence-corrected chi connectivity index (χ1v) is 6.77. The van der Waals surface area contributed by atoms with Crippen molar-refractivity contribution in [1.29, 1.82) is 0 Å². The van der Waals surface area contributed by atoms with Gasteiger partial charge in [0, 0.05) is 0 Å². The average molecular weight is 299 g/mol. The molecule has 0 aromatic heterocycles. The van der Waals surface area contributed by atoms with Crippen LogP contribution in [0, 0.1) is 0 Å². The molecule has 1 aliphatic rings. The third-order valence-electron chi connectivity index (χ3n) is 2.57. The molecule has 1 aliphatic heterocycles. The number of ether oxygens (including phenoxy) is 1. The number of allylic oxidation sites excluding steroid dienone is 1. The zero-order valence-corrected chi connectivity index (χ0v) is 11.2. The predicted octanol–water partition coefficient (Wildman–Crippen LogP) is -2.70. The van der Waals surface area contributed by atoms with Gasteiger partial charge < -0.3 is 29.3 Å². The Morgan fingerprint density at radius 3 is 2.32 bits per heavy atom. The van der Waals surface area contributed by atoms with Crippen LogP contribution in [-0.2, 0) is 19.2 Å². The van der Waals surface area contributed by atoms with E-state index in [4.69, 9.17) is 9.88 Å². The van der Waals surface area contributed by atoms with Crippen LogP contribution in [0.25, 0.3) is 0 Å². The molecular formula is C9H17NO8S. The van der Waals surface area contributed by atoms with Gasteiger partial charge in [0.1, 0.15) is 18.3 Å². The topological polar surface area (TPSA) is 160 Å². The van der Waals surface area contributed by atoms with Gasteiger partial charge >= 0.3 is 10.3 Å². The molecule has 0 aromatic rings. The molecule has 1 unspecified atom stereocenters. The Morgan fingerprint density at radius 2 is 1.89 bits per heavy atom. The molecule has 0 saturated carbocycles. The van der Waals surface area contributed by atoms with E-state index >= 15 is 0 Å². The van der Waals surface area contributed by atoms with E-state index in [1.54, 1.807) is 0 Å². The standard InChI is InChI=1S/C9H17NO8S/c1-4(2)8(18-19(10,15)16)9(14)7(13)6(12)5(11)3-17-9/h5-7,11-14H,3H2,1-2H3,(H2,10,15,16)/t5-,6-,7+,9?/m1/s1. The van der Waals surface area contributed by atoms with Crippen molar-refractivity contribution in [3.05, 3.63) is 11.3 Å². The largest absolute Gasteiger partial charge is 0.388 e. The maximum Gasteiger partial charge on any atom is 0.379 e. The lowest BCUT2D eigenvalue weighted by molar-refractivity contribution is -0.311. The van der Waals surface area contributed by atoms with Crippen molar-refractivity contribution < 1.29 is 37.8 Å². The summed E-state index contributed by atoms with van der Waals surface area (Å²) in [7, 11) is -4.46. The highest BCUT2D eigenvalue weighted by molar-refractivity contribution is 7.84. The summed E-state index contributed by atoms with van der Waals surface area (Å²) in [6, 6.07) is 0. The maximum absolute atomic E-state index is 10.9. The first-order chi connectivity index (χ1) is 8.49. The molecule has 1 saturated heterocycles. The zero-order chi connectivity index (χ0) is 15.0. The van der Waals surface area contributed by atoms with E-state index in [0.717, 1.165) is 0 Å². The number of aliphatic hydroxyl groups excluding tert-OH is 3. The molecule has 19 heavy (non-hydrogen) atoms. The SMILES string of the molecule is CC(C)=C(OS(N)(=O)=O)C1(O)OC[C@@H](O)[C@@H](O)[C@@H]1O. The first-order valence-electron chi connectivity index (χ1n) is 5.29. The van der Waals surface area contributed by atoms with Crippen LogP contribution in [0.4, 0.5) is 0 Å². The van der Waals surface area contributed by atoms with Crippen molar-refractivity contribution in [3.63, 3.8) is 0 Å². The van der Waals surface area contributed by atoms with E-state index in [1.165, 1.54) is 13.8 Å². The Labute approximate surface area is 110 Å². The van der Waals surface area contributed by atoms with E-state index < -0.39 is 46.8 Å². The Kier molecular flexibility index (Phi) is 4.57. The van der Waals surface area contributed by atoms with Gasteiger partial charge in [-0.2, -0.15) is 13.6 Å². The van der Waals surface area contributed by atoms with Gasteiger partial charge in [-0.25, -0.2) is 0 Å². The monoisotopic (exact) mass is 299 g/mol. The highest BCUT2D eigenvalue weighted by Crippen LogP contribution is 2.33. The molecule has 0 aromatic carbocycles. The number of rotatable bonds is 3. The average Bonchev–Trinajstić information content (AvgIpc) is 2.27. The lowest BCUT2D eigenvalue weighted by atomic mass is 9.94. The van der Waals surface area contributed by atoms with Gasteiger partial charge in [-0.3, -0.25) is 0 Å². The first kappa shape index (κ1) is 16.3. The third-order valence-corrected chi connectivity index (χ3v) is 2.97. The Bertz CT molecular complexity index is 471. The van der Waals surface area contributed by atoms with Gasteiger partial charge in [-0.05, 0) is 19.4 Å². The molecular weight excluding hydrogens is 282 g/mol. The summed E-state index contributed by atoms with van der Waals surface area (Å²) in [6.45, 7) is 2.23. The molecule has 0 amide bonds. The summed E-state index contributed by atoms with van der Waals surface area (Å²) >= 11 is 0. The Hall–Kier alpha value is -0.750. The minimum atomic E-state index is -4.46. The summed E-state index contributed by atoms with van der Waals surface area (Å²) in [5, 5.41) is 43.4. The van der Waals surface area contributed by atoms with Crippen LogP contribution >= 0.6 is 0 Å². The van der Waals surface area contributed by atoms with Crippen LogP contribution < -0.4 is 5.14 Å². The van der Waals surface area contributed by atoms with Gasteiger partial charge in [0.15, 0.2) is 5.76 Å².